The highest BCUT2D eigenvalue weighted by Gasteiger charge is 2.63. The molecule has 3 heterocycles. The van der Waals surface area contributed by atoms with Crippen LogP contribution < -0.4 is 11.1 Å². The van der Waals surface area contributed by atoms with E-state index in [0.29, 0.717) is 18.5 Å². The Morgan fingerprint density at radius 1 is 1.24 bits per heavy atom. The second-order valence-electron chi connectivity index (χ2n) is 7.24. The average molecular weight is 400 g/mol. The van der Waals surface area contributed by atoms with Crippen molar-refractivity contribution in [1.82, 2.24) is 9.80 Å². The first-order chi connectivity index (χ1) is 13.9. The molecule has 3 aliphatic heterocycles. The zero-order valence-electron chi connectivity index (χ0n) is 15.4. The van der Waals surface area contributed by atoms with Gasteiger partial charge in [0.2, 0.25) is 5.91 Å². The highest BCUT2D eigenvalue weighted by atomic mass is 16.5. The molecular formula is C19H20N4O6. The van der Waals surface area contributed by atoms with Crippen molar-refractivity contribution in [1.29, 1.82) is 0 Å². The van der Waals surface area contributed by atoms with Gasteiger partial charge in [-0.15, -0.1) is 0 Å². The Labute approximate surface area is 165 Å². The van der Waals surface area contributed by atoms with E-state index in [-0.39, 0.29) is 36.7 Å². The SMILES string of the molecule is NC(=O)OCC1=C(C(=O)O)N2C(=O)[C@@H]3[C@H]2[C@H](C1)CN3C(=O)CNc1ccccc1. The Hall–Kier alpha value is -3.56. The summed E-state index contributed by atoms with van der Waals surface area (Å²) in [5.41, 5.74) is 5.92. The maximum absolute atomic E-state index is 12.7. The van der Waals surface area contributed by atoms with Gasteiger partial charge in [-0.2, -0.15) is 0 Å². The van der Waals surface area contributed by atoms with Crippen molar-refractivity contribution in [3.05, 3.63) is 41.6 Å². The number of hydrogen-bond donors (Lipinski definition) is 3. The molecule has 3 atom stereocenters. The van der Waals surface area contributed by atoms with Crippen LogP contribution in [0.2, 0.25) is 0 Å². The maximum atomic E-state index is 12.7. The number of nitrogens with two attached hydrogens (primary N) is 1. The molecule has 0 aromatic heterocycles. The Balaban J connectivity index is 1.50. The van der Waals surface area contributed by atoms with Crippen LogP contribution in [0.15, 0.2) is 41.6 Å². The number of primary amides is 1. The third-order valence-corrected chi connectivity index (χ3v) is 5.58. The summed E-state index contributed by atoms with van der Waals surface area (Å²) >= 11 is 0. The van der Waals surface area contributed by atoms with Gasteiger partial charge in [0.1, 0.15) is 18.3 Å². The average Bonchev–Trinajstić information content (AvgIpc) is 3.06. The maximum Gasteiger partial charge on any atom is 0.404 e. The first-order valence-electron chi connectivity index (χ1n) is 9.17. The lowest BCUT2D eigenvalue weighted by Crippen LogP contribution is -2.69. The van der Waals surface area contributed by atoms with Crippen LogP contribution in [0.25, 0.3) is 0 Å². The molecule has 10 nitrogen and oxygen atoms in total. The fourth-order valence-electron chi connectivity index (χ4n) is 4.42. The van der Waals surface area contributed by atoms with Gasteiger partial charge >= 0.3 is 12.1 Å². The number of carboxylic acid groups (broad SMARTS) is 1. The number of nitrogens with zero attached hydrogens (tertiary/aromatic N) is 2. The molecule has 0 radical (unpaired) electrons. The molecule has 0 aliphatic carbocycles. The molecule has 0 unspecified atom stereocenters. The minimum atomic E-state index is -1.27. The number of hydrogen-bond acceptors (Lipinski definition) is 6. The fraction of sp³-hybridized carbons (Fsp3) is 0.368. The summed E-state index contributed by atoms with van der Waals surface area (Å²) in [7, 11) is 0. The van der Waals surface area contributed by atoms with Gasteiger partial charge in [-0.3, -0.25) is 14.5 Å². The number of amides is 3. The molecule has 152 valence electrons. The van der Waals surface area contributed by atoms with E-state index >= 15 is 0 Å². The second-order valence-corrected chi connectivity index (χ2v) is 7.24. The summed E-state index contributed by atoms with van der Waals surface area (Å²) in [6.07, 6.45) is -0.706. The molecule has 10 heteroatoms. The first kappa shape index (κ1) is 18.8. The van der Waals surface area contributed by atoms with Crippen molar-refractivity contribution >= 4 is 29.6 Å². The molecule has 29 heavy (non-hydrogen) atoms. The summed E-state index contributed by atoms with van der Waals surface area (Å²) in [4.78, 5) is 50.9. The molecule has 4 rings (SSSR count). The van der Waals surface area contributed by atoms with E-state index < -0.39 is 24.0 Å². The molecule has 2 fully saturated rings. The van der Waals surface area contributed by atoms with Crippen molar-refractivity contribution in [2.24, 2.45) is 11.7 Å². The second kappa shape index (κ2) is 7.12. The van der Waals surface area contributed by atoms with Crippen LogP contribution in [-0.2, 0) is 19.1 Å². The number of anilines is 1. The molecule has 2 saturated heterocycles. The lowest BCUT2D eigenvalue weighted by Gasteiger charge is -2.49. The number of nitrogens with one attached hydrogen (secondary N) is 1. The van der Waals surface area contributed by atoms with Gasteiger partial charge in [-0.05, 0) is 24.1 Å². The van der Waals surface area contributed by atoms with Crippen LogP contribution in [-0.4, -0.2) is 70.6 Å². The van der Waals surface area contributed by atoms with Crippen LogP contribution in [0.5, 0.6) is 0 Å². The van der Waals surface area contributed by atoms with Crippen LogP contribution in [0.4, 0.5) is 10.5 Å². The van der Waals surface area contributed by atoms with Gasteiger partial charge < -0.3 is 25.8 Å². The molecule has 0 bridgehead atoms. The topological polar surface area (TPSA) is 142 Å². The quantitative estimate of drug-likeness (QED) is 0.569. The molecule has 0 spiro atoms. The monoisotopic (exact) mass is 400 g/mol. The van der Waals surface area contributed by atoms with Gasteiger partial charge in [0.05, 0.1) is 12.6 Å². The number of carbonyl (C=O) groups is 4. The van der Waals surface area contributed by atoms with Crippen molar-refractivity contribution < 1.29 is 29.0 Å². The van der Waals surface area contributed by atoms with Crippen molar-refractivity contribution in [2.45, 2.75) is 18.5 Å². The summed E-state index contributed by atoms with van der Waals surface area (Å²) < 4.78 is 4.76. The van der Waals surface area contributed by atoms with Crippen molar-refractivity contribution in [3.8, 4) is 0 Å². The molecule has 1 aromatic rings. The van der Waals surface area contributed by atoms with Gasteiger partial charge in [-0.25, -0.2) is 9.59 Å². The summed E-state index contributed by atoms with van der Waals surface area (Å²) in [6.45, 7) is 0.0715. The molecular weight excluding hydrogens is 380 g/mol. The summed E-state index contributed by atoms with van der Waals surface area (Å²) in [5.74, 6) is -2.05. The number of aliphatic carboxylic acids is 1. The number of ether oxygens (including phenoxy) is 1. The van der Waals surface area contributed by atoms with Crippen LogP contribution in [0.3, 0.4) is 0 Å². The van der Waals surface area contributed by atoms with E-state index in [0.717, 1.165) is 5.69 Å². The number of para-hydroxylation sites is 1. The molecule has 3 aliphatic rings. The fourth-order valence-corrected chi connectivity index (χ4v) is 4.42. The summed E-state index contributed by atoms with van der Waals surface area (Å²) in [5, 5.41) is 12.6. The highest BCUT2D eigenvalue weighted by Crippen LogP contribution is 2.47. The number of β-lactam (4-membered cyclic amide) rings is 1. The molecule has 4 N–H and O–H groups in total. The lowest BCUT2D eigenvalue weighted by atomic mass is 9.79. The van der Waals surface area contributed by atoms with E-state index in [1.165, 1.54) is 9.80 Å². The van der Waals surface area contributed by atoms with Gasteiger partial charge in [0, 0.05) is 18.2 Å². The number of carbonyl (C=O) groups excluding carboxylic acids is 3. The van der Waals surface area contributed by atoms with Gasteiger partial charge in [0.15, 0.2) is 0 Å². The van der Waals surface area contributed by atoms with Gasteiger partial charge in [-0.1, -0.05) is 18.2 Å². The van der Waals surface area contributed by atoms with Crippen molar-refractivity contribution in [2.75, 3.05) is 25.0 Å². The largest absolute Gasteiger partial charge is 0.477 e. The summed E-state index contributed by atoms with van der Waals surface area (Å²) in [6, 6.07) is 8.21. The Kier molecular flexibility index (Phi) is 4.61. The minimum absolute atomic E-state index is 0.0318. The standard InChI is InChI=1S/C19H20N4O6/c20-19(28)29-9-11-6-10-8-22(13(24)7-21-12-4-2-1-3-5-12)16-14(10)23(17(16)25)15(11)18(26)27/h1-5,10,14,16,21H,6-9H2,(H2,20,28)(H,26,27)/t10-,14-,16+/m1/s1. The Morgan fingerprint density at radius 2 is 1.97 bits per heavy atom. The first-order valence-corrected chi connectivity index (χ1v) is 9.17. The predicted molar refractivity (Wildman–Crippen MR) is 99.4 cm³/mol. The molecule has 1 aromatic carbocycles. The number of carboxylic acids is 1. The normalized spacial score (nSPS) is 24.7. The van der Waals surface area contributed by atoms with E-state index in [2.05, 4.69) is 5.32 Å². The van der Waals surface area contributed by atoms with Crippen molar-refractivity contribution in [3.63, 3.8) is 0 Å². The van der Waals surface area contributed by atoms with E-state index in [1.807, 2.05) is 30.3 Å². The number of benzene rings is 1. The third kappa shape index (κ3) is 3.16. The Morgan fingerprint density at radius 3 is 2.62 bits per heavy atom. The molecule has 0 saturated carbocycles. The van der Waals surface area contributed by atoms with E-state index in [1.54, 1.807) is 0 Å². The zero-order valence-corrected chi connectivity index (χ0v) is 15.4. The minimum Gasteiger partial charge on any atom is -0.477 e. The van der Waals surface area contributed by atoms with E-state index in [4.69, 9.17) is 10.5 Å². The zero-order chi connectivity index (χ0) is 20.7. The van der Waals surface area contributed by atoms with Gasteiger partial charge in [0.25, 0.3) is 5.91 Å². The predicted octanol–water partition coefficient (Wildman–Crippen LogP) is -0.0260. The van der Waals surface area contributed by atoms with Crippen LogP contribution in [0, 0.1) is 5.92 Å². The van der Waals surface area contributed by atoms with Crippen LogP contribution in [0.1, 0.15) is 6.42 Å². The smallest absolute Gasteiger partial charge is 0.404 e. The number of rotatable bonds is 6. The molecule has 3 amide bonds. The number of likely N-dealkylation sites (tertiary alicyclic amines) is 1. The van der Waals surface area contributed by atoms with E-state index in [9.17, 15) is 24.3 Å². The Bertz CT molecular complexity index is 915. The third-order valence-electron chi connectivity index (χ3n) is 5.58. The lowest BCUT2D eigenvalue weighted by molar-refractivity contribution is -0.160. The highest BCUT2D eigenvalue weighted by molar-refractivity contribution is 6.02. The van der Waals surface area contributed by atoms with Crippen LogP contribution >= 0.6 is 0 Å².